The number of piperidine rings is 1. The minimum atomic E-state index is -0.155. The van der Waals surface area contributed by atoms with Crippen molar-refractivity contribution in [2.75, 3.05) is 4.90 Å². The van der Waals surface area contributed by atoms with Crippen molar-refractivity contribution >= 4 is 33.4 Å². The molecule has 2 aliphatic rings. The number of imide groups is 1. The highest BCUT2D eigenvalue weighted by atomic mass is 79.9. The van der Waals surface area contributed by atoms with Gasteiger partial charge < -0.3 is 0 Å². The Morgan fingerprint density at radius 1 is 1.21 bits per heavy atom. The first kappa shape index (κ1) is 12.4. The second kappa shape index (κ2) is 4.46. The summed E-state index contributed by atoms with van der Waals surface area (Å²) in [6, 6.07) is 7.08. The van der Waals surface area contributed by atoms with Gasteiger partial charge in [-0.15, -0.1) is 0 Å². The molecule has 2 bridgehead atoms. The smallest absolute Gasteiger partial charge is 0.236 e. The number of hydrogen-bond acceptors (Lipinski definition) is 3. The van der Waals surface area contributed by atoms with Crippen LogP contribution in [-0.2, 0) is 9.59 Å². The van der Waals surface area contributed by atoms with Crippen molar-refractivity contribution in [3.63, 3.8) is 0 Å². The third kappa shape index (κ3) is 1.87. The van der Waals surface area contributed by atoms with Gasteiger partial charge in [-0.2, -0.15) is 5.26 Å². The Balaban J connectivity index is 2.09. The van der Waals surface area contributed by atoms with E-state index in [1.54, 1.807) is 18.2 Å². The highest BCUT2D eigenvalue weighted by Gasteiger charge is 2.46. The number of carbonyl (C=O) groups excluding carboxylic acids is 2. The molecular weight excluding hydrogens is 308 g/mol. The van der Waals surface area contributed by atoms with E-state index in [9.17, 15) is 14.9 Å². The SMILES string of the molecule is N#Cc1cc(Br)ccc1N1C(=O)C2CCC(C2)C1=O. The minimum absolute atomic E-state index is 0.0575. The Bertz CT molecular complexity index is 598. The van der Waals surface area contributed by atoms with Crippen LogP contribution in [0, 0.1) is 23.2 Å². The quantitative estimate of drug-likeness (QED) is 0.748. The van der Waals surface area contributed by atoms with Crippen molar-refractivity contribution in [1.82, 2.24) is 0 Å². The van der Waals surface area contributed by atoms with E-state index >= 15 is 0 Å². The second-order valence-electron chi connectivity index (χ2n) is 4.99. The van der Waals surface area contributed by atoms with Crippen LogP contribution in [0.3, 0.4) is 0 Å². The summed E-state index contributed by atoms with van der Waals surface area (Å²) >= 11 is 3.29. The molecule has 2 amide bonds. The van der Waals surface area contributed by atoms with E-state index in [4.69, 9.17) is 0 Å². The maximum atomic E-state index is 12.3. The topological polar surface area (TPSA) is 61.2 Å². The second-order valence-corrected chi connectivity index (χ2v) is 5.91. The highest BCUT2D eigenvalue weighted by molar-refractivity contribution is 9.10. The Hall–Kier alpha value is -1.67. The molecule has 0 radical (unpaired) electrons. The Morgan fingerprint density at radius 2 is 1.84 bits per heavy atom. The normalized spacial score (nSPS) is 25.6. The molecule has 1 heterocycles. The number of amides is 2. The van der Waals surface area contributed by atoms with Crippen LogP contribution in [0.25, 0.3) is 0 Å². The van der Waals surface area contributed by atoms with Gasteiger partial charge in [-0.05, 0) is 37.5 Å². The molecule has 1 saturated carbocycles. The first-order chi connectivity index (χ1) is 9.11. The molecule has 19 heavy (non-hydrogen) atoms. The van der Waals surface area contributed by atoms with Gasteiger partial charge in [0.05, 0.1) is 11.3 Å². The van der Waals surface area contributed by atoms with Crippen molar-refractivity contribution in [2.45, 2.75) is 19.3 Å². The van der Waals surface area contributed by atoms with E-state index < -0.39 is 0 Å². The summed E-state index contributed by atoms with van der Waals surface area (Å²) in [5.41, 5.74) is 0.759. The third-order valence-corrected chi connectivity index (χ3v) is 4.39. The Morgan fingerprint density at radius 3 is 2.42 bits per heavy atom. The van der Waals surface area contributed by atoms with E-state index in [0.29, 0.717) is 17.7 Å². The molecule has 2 atom stereocenters. The lowest BCUT2D eigenvalue weighted by atomic mass is 9.96. The lowest BCUT2D eigenvalue weighted by molar-refractivity contribution is -0.133. The number of nitrogens with zero attached hydrogens (tertiary/aromatic N) is 2. The fraction of sp³-hybridized carbons (Fsp3) is 0.357. The van der Waals surface area contributed by atoms with Crippen LogP contribution < -0.4 is 4.90 Å². The molecule has 96 valence electrons. The standard InChI is InChI=1S/C14H11BrN2O2/c15-11-3-4-12(10(6-11)7-16)17-13(18)8-1-2-9(5-8)14(17)19/h3-4,6,8-9H,1-2,5H2. The molecule has 2 fully saturated rings. The molecule has 0 N–H and O–H groups in total. The van der Waals surface area contributed by atoms with Crippen LogP contribution in [-0.4, -0.2) is 11.8 Å². The first-order valence-corrected chi connectivity index (χ1v) is 6.98. The summed E-state index contributed by atoms with van der Waals surface area (Å²) in [7, 11) is 0. The zero-order valence-electron chi connectivity index (χ0n) is 10.1. The lowest BCUT2D eigenvalue weighted by Crippen LogP contribution is -2.46. The van der Waals surface area contributed by atoms with E-state index in [1.165, 1.54) is 4.90 Å². The van der Waals surface area contributed by atoms with E-state index in [0.717, 1.165) is 17.3 Å². The van der Waals surface area contributed by atoms with E-state index in [-0.39, 0.29) is 23.7 Å². The van der Waals surface area contributed by atoms with Gasteiger partial charge in [-0.1, -0.05) is 15.9 Å². The monoisotopic (exact) mass is 318 g/mol. The number of benzene rings is 1. The predicted octanol–water partition coefficient (Wildman–Crippen LogP) is 2.61. The van der Waals surface area contributed by atoms with E-state index in [2.05, 4.69) is 15.9 Å². The molecule has 2 unspecified atom stereocenters. The van der Waals surface area contributed by atoms with Crippen LogP contribution in [0.5, 0.6) is 0 Å². The van der Waals surface area contributed by atoms with Crippen LogP contribution in [0.4, 0.5) is 5.69 Å². The molecular formula is C14H11BrN2O2. The summed E-state index contributed by atoms with van der Waals surface area (Å²) < 4.78 is 0.757. The molecule has 0 aromatic heterocycles. The van der Waals surface area contributed by atoms with Gasteiger partial charge in [0, 0.05) is 16.3 Å². The van der Waals surface area contributed by atoms with Gasteiger partial charge in [0.1, 0.15) is 6.07 Å². The largest absolute Gasteiger partial charge is 0.274 e. The van der Waals surface area contributed by atoms with Crippen LogP contribution >= 0.6 is 15.9 Å². The van der Waals surface area contributed by atoms with Crippen molar-refractivity contribution in [3.8, 4) is 6.07 Å². The van der Waals surface area contributed by atoms with Gasteiger partial charge in [0.15, 0.2) is 0 Å². The number of nitriles is 1. The molecule has 3 rings (SSSR count). The summed E-state index contributed by atoms with van der Waals surface area (Å²) in [6.07, 6.45) is 2.24. The highest BCUT2D eigenvalue weighted by Crippen LogP contribution is 2.40. The zero-order valence-corrected chi connectivity index (χ0v) is 11.7. The van der Waals surface area contributed by atoms with Crippen LogP contribution in [0.1, 0.15) is 24.8 Å². The van der Waals surface area contributed by atoms with Gasteiger partial charge in [-0.25, -0.2) is 4.90 Å². The Labute approximate surface area is 119 Å². The fourth-order valence-corrected chi connectivity index (χ4v) is 3.30. The lowest BCUT2D eigenvalue weighted by Gasteiger charge is -2.30. The molecule has 1 aromatic carbocycles. The number of halogens is 1. The first-order valence-electron chi connectivity index (χ1n) is 6.19. The third-order valence-electron chi connectivity index (χ3n) is 3.89. The van der Waals surface area contributed by atoms with Crippen molar-refractivity contribution in [1.29, 1.82) is 5.26 Å². The zero-order chi connectivity index (χ0) is 13.6. The molecule has 1 aliphatic carbocycles. The fourth-order valence-electron chi connectivity index (χ4n) is 2.93. The van der Waals surface area contributed by atoms with Gasteiger partial charge in [0.2, 0.25) is 11.8 Å². The minimum Gasteiger partial charge on any atom is -0.274 e. The van der Waals surface area contributed by atoms with Crippen LogP contribution in [0.15, 0.2) is 22.7 Å². The molecule has 1 aromatic rings. The van der Waals surface area contributed by atoms with Gasteiger partial charge in [0.25, 0.3) is 0 Å². The maximum absolute atomic E-state index is 12.3. The summed E-state index contributed by atoms with van der Waals surface area (Å²) in [6.45, 7) is 0. The average Bonchev–Trinajstić information content (AvgIpc) is 2.85. The van der Waals surface area contributed by atoms with Crippen molar-refractivity contribution in [2.24, 2.45) is 11.8 Å². The molecule has 1 aliphatic heterocycles. The molecule has 0 spiro atoms. The molecule has 4 nitrogen and oxygen atoms in total. The van der Waals surface area contributed by atoms with Crippen molar-refractivity contribution in [3.05, 3.63) is 28.2 Å². The number of hydrogen-bond donors (Lipinski definition) is 0. The summed E-state index contributed by atoms with van der Waals surface area (Å²) in [5.74, 6) is -0.425. The number of rotatable bonds is 1. The summed E-state index contributed by atoms with van der Waals surface area (Å²) in [5, 5.41) is 9.17. The average molecular weight is 319 g/mol. The van der Waals surface area contributed by atoms with Gasteiger partial charge in [-0.3, -0.25) is 9.59 Å². The molecule has 5 heteroatoms. The number of fused-ring (bicyclic) bond motifs is 2. The van der Waals surface area contributed by atoms with E-state index in [1.807, 2.05) is 6.07 Å². The number of anilines is 1. The maximum Gasteiger partial charge on any atom is 0.236 e. The summed E-state index contributed by atoms with van der Waals surface area (Å²) in [4.78, 5) is 25.9. The molecule has 1 saturated heterocycles. The van der Waals surface area contributed by atoms with Crippen LogP contribution in [0.2, 0.25) is 0 Å². The Kier molecular flexibility index (Phi) is 2.90. The predicted molar refractivity (Wildman–Crippen MR) is 72.2 cm³/mol. The van der Waals surface area contributed by atoms with Gasteiger partial charge >= 0.3 is 0 Å². The number of carbonyl (C=O) groups is 2. The van der Waals surface area contributed by atoms with Crippen molar-refractivity contribution < 1.29 is 9.59 Å².